The van der Waals surface area contributed by atoms with E-state index in [1.165, 1.54) is 7.11 Å². The molecule has 92 valence electrons. The lowest BCUT2D eigenvalue weighted by Crippen LogP contribution is -2.43. The van der Waals surface area contributed by atoms with E-state index in [0.717, 1.165) is 12.0 Å². The molecule has 0 saturated carbocycles. The highest BCUT2D eigenvalue weighted by Gasteiger charge is 2.45. The smallest absolute Gasteiger partial charge is 0.310 e. The van der Waals surface area contributed by atoms with Gasteiger partial charge in [-0.3, -0.25) is 9.59 Å². The molecule has 4 heteroatoms. The maximum atomic E-state index is 11.8. The van der Waals surface area contributed by atoms with Crippen molar-refractivity contribution < 1.29 is 19.1 Å². The van der Waals surface area contributed by atoms with Gasteiger partial charge in [-0.25, -0.2) is 0 Å². The molecule has 17 heavy (non-hydrogen) atoms. The Morgan fingerprint density at radius 3 is 3.06 bits per heavy atom. The van der Waals surface area contributed by atoms with Crippen molar-refractivity contribution in [2.75, 3.05) is 13.7 Å². The molecule has 1 aliphatic carbocycles. The van der Waals surface area contributed by atoms with E-state index < -0.39 is 11.8 Å². The van der Waals surface area contributed by atoms with Crippen molar-refractivity contribution in [2.45, 2.75) is 12.8 Å². The Labute approximate surface area is 100 Å². The molecule has 2 aliphatic rings. The Morgan fingerprint density at radius 1 is 1.65 bits per heavy atom. The molecule has 0 spiro atoms. The first-order valence-corrected chi connectivity index (χ1v) is 5.76. The molecule has 3 atom stereocenters. The number of allylic oxidation sites excluding steroid dienone is 3. The summed E-state index contributed by atoms with van der Waals surface area (Å²) in [7, 11) is 1.35. The number of carbonyl (C=O) groups is 2. The topological polar surface area (TPSA) is 52.6 Å². The number of methoxy groups -OCH3 is 1. The molecule has 4 nitrogen and oxygen atoms in total. The molecule has 2 rings (SSSR count). The van der Waals surface area contributed by atoms with Crippen LogP contribution in [0.3, 0.4) is 0 Å². The summed E-state index contributed by atoms with van der Waals surface area (Å²) in [4.78, 5) is 23.5. The van der Waals surface area contributed by atoms with E-state index in [0.29, 0.717) is 13.0 Å². The first-order chi connectivity index (χ1) is 8.19. The molecule has 1 saturated heterocycles. The summed E-state index contributed by atoms with van der Waals surface area (Å²) in [5.74, 6) is -1.40. The fourth-order valence-electron chi connectivity index (χ4n) is 2.74. The number of hydrogen-bond donors (Lipinski definition) is 0. The van der Waals surface area contributed by atoms with Crippen LogP contribution >= 0.6 is 0 Å². The number of carbonyl (C=O) groups excluding carboxylic acids is 2. The number of ether oxygens (including phenoxy) is 2. The zero-order chi connectivity index (χ0) is 12.4. The van der Waals surface area contributed by atoms with Crippen LogP contribution in [-0.2, 0) is 19.1 Å². The van der Waals surface area contributed by atoms with E-state index in [4.69, 9.17) is 9.47 Å². The Kier molecular flexibility index (Phi) is 3.31. The highest BCUT2D eigenvalue weighted by atomic mass is 16.5. The second-order valence-corrected chi connectivity index (χ2v) is 4.36. The SMILES string of the molecule is C=CC1=CC[C@H](C(=O)OC)[C@@H]2C(=O)OCC[C@H]12. The summed E-state index contributed by atoms with van der Waals surface area (Å²) in [6.45, 7) is 4.17. The fraction of sp³-hybridized carbons (Fsp3) is 0.538. The quantitative estimate of drug-likeness (QED) is 0.681. The zero-order valence-electron chi connectivity index (χ0n) is 9.85. The largest absolute Gasteiger partial charge is 0.469 e. The molecule has 1 aliphatic heterocycles. The third kappa shape index (κ3) is 1.99. The monoisotopic (exact) mass is 236 g/mol. The summed E-state index contributed by atoms with van der Waals surface area (Å²) >= 11 is 0. The molecule has 0 unspecified atom stereocenters. The van der Waals surface area contributed by atoms with Crippen molar-refractivity contribution in [1.82, 2.24) is 0 Å². The van der Waals surface area contributed by atoms with Gasteiger partial charge in [0.05, 0.1) is 25.6 Å². The van der Waals surface area contributed by atoms with Crippen molar-refractivity contribution in [2.24, 2.45) is 17.8 Å². The molecule has 1 heterocycles. The van der Waals surface area contributed by atoms with Crippen LogP contribution in [0, 0.1) is 17.8 Å². The predicted molar refractivity (Wildman–Crippen MR) is 61.0 cm³/mol. The van der Waals surface area contributed by atoms with Crippen LogP contribution < -0.4 is 0 Å². The second-order valence-electron chi connectivity index (χ2n) is 4.36. The molecular weight excluding hydrogens is 220 g/mol. The maximum Gasteiger partial charge on any atom is 0.310 e. The van der Waals surface area contributed by atoms with Crippen molar-refractivity contribution >= 4 is 11.9 Å². The van der Waals surface area contributed by atoms with Crippen molar-refractivity contribution in [3.05, 3.63) is 24.3 Å². The number of cyclic esters (lactones) is 1. The first-order valence-electron chi connectivity index (χ1n) is 5.76. The van der Waals surface area contributed by atoms with Gasteiger partial charge in [0.25, 0.3) is 0 Å². The standard InChI is InChI=1S/C13H16O4/c1-3-8-4-5-10(12(14)16-2)11-9(8)6-7-17-13(11)15/h3-4,9-11H,1,5-7H2,2H3/t9-,10+,11-/m1/s1. The van der Waals surface area contributed by atoms with Crippen LogP contribution in [-0.4, -0.2) is 25.7 Å². The van der Waals surface area contributed by atoms with Crippen LogP contribution in [0.4, 0.5) is 0 Å². The lowest BCUT2D eigenvalue weighted by atomic mass is 9.69. The van der Waals surface area contributed by atoms with Crippen LogP contribution in [0.2, 0.25) is 0 Å². The maximum absolute atomic E-state index is 11.8. The molecule has 0 aromatic rings. The zero-order valence-corrected chi connectivity index (χ0v) is 9.85. The van der Waals surface area contributed by atoms with Gasteiger partial charge in [-0.15, -0.1) is 0 Å². The predicted octanol–water partition coefficient (Wildman–Crippen LogP) is 1.47. The summed E-state index contributed by atoms with van der Waals surface area (Å²) in [6, 6.07) is 0. The third-order valence-corrected chi connectivity index (χ3v) is 3.59. The molecule has 0 aromatic heterocycles. The molecule has 1 fully saturated rings. The van der Waals surface area contributed by atoms with Gasteiger partial charge in [0, 0.05) is 5.92 Å². The summed E-state index contributed by atoms with van der Waals surface area (Å²) in [6.07, 6.45) is 5.02. The Bertz CT molecular complexity index is 383. The summed E-state index contributed by atoms with van der Waals surface area (Å²) in [5, 5.41) is 0. The fourth-order valence-corrected chi connectivity index (χ4v) is 2.74. The van der Waals surface area contributed by atoms with Crippen molar-refractivity contribution in [1.29, 1.82) is 0 Å². The van der Waals surface area contributed by atoms with Gasteiger partial charge in [-0.1, -0.05) is 18.7 Å². The number of fused-ring (bicyclic) bond motifs is 1. The molecule has 0 N–H and O–H groups in total. The second kappa shape index (κ2) is 4.73. The Balaban J connectivity index is 2.32. The van der Waals surface area contributed by atoms with E-state index in [-0.39, 0.29) is 17.9 Å². The molecular formula is C13H16O4. The van der Waals surface area contributed by atoms with E-state index >= 15 is 0 Å². The van der Waals surface area contributed by atoms with Gasteiger partial charge in [0.1, 0.15) is 0 Å². The van der Waals surface area contributed by atoms with E-state index in [1.54, 1.807) is 6.08 Å². The summed E-state index contributed by atoms with van der Waals surface area (Å²) in [5.41, 5.74) is 1.05. The lowest BCUT2D eigenvalue weighted by Gasteiger charge is -2.37. The molecule has 0 aromatic carbocycles. The molecule has 0 amide bonds. The van der Waals surface area contributed by atoms with Crippen molar-refractivity contribution in [3.8, 4) is 0 Å². The van der Waals surface area contributed by atoms with Gasteiger partial charge in [-0.2, -0.15) is 0 Å². The molecule has 0 radical (unpaired) electrons. The van der Waals surface area contributed by atoms with Crippen LogP contribution in [0.25, 0.3) is 0 Å². The Hall–Kier alpha value is -1.58. The number of esters is 2. The molecule has 0 bridgehead atoms. The Morgan fingerprint density at radius 2 is 2.41 bits per heavy atom. The highest BCUT2D eigenvalue weighted by molar-refractivity contribution is 5.84. The average Bonchev–Trinajstić information content (AvgIpc) is 2.37. The van der Waals surface area contributed by atoms with Gasteiger partial charge in [0.2, 0.25) is 0 Å². The van der Waals surface area contributed by atoms with Crippen LogP contribution in [0.15, 0.2) is 24.3 Å². The normalized spacial score (nSPS) is 31.9. The van der Waals surface area contributed by atoms with Crippen LogP contribution in [0.1, 0.15) is 12.8 Å². The van der Waals surface area contributed by atoms with E-state index in [1.807, 2.05) is 6.08 Å². The highest BCUT2D eigenvalue weighted by Crippen LogP contribution is 2.41. The number of rotatable bonds is 2. The third-order valence-electron chi connectivity index (χ3n) is 3.59. The van der Waals surface area contributed by atoms with Gasteiger partial charge in [0.15, 0.2) is 0 Å². The van der Waals surface area contributed by atoms with Crippen LogP contribution in [0.5, 0.6) is 0 Å². The van der Waals surface area contributed by atoms with Crippen molar-refractivity contribution in [3.63, 3.8) is 0 Å². The minimum atomic E-state index is -0.415. The van der Waals surface area contributed by atoms with Gasteiger partial charge >= 0.3 is 11.9 Å². The van der Waals surface area contributed by atoms with E-state index in [2.05, 4.69) is 6.58 Å². The van der Waals surface area contributed by atoms with Gasteiger partial charge < -0.3 is 9.47 Å². The lowest BCUT2D eigenvalue weighted by molar-refractivity contribution is -0.166. The van der Waals surface area contributed by atoms with Gasteiger partial charge in [-0.05, 0) is 18.4 Å². The number of hydrogen-bond acceptors (Lipinski definition) is 4. The minimum Gasteiger partial charge on any atom is -0.469 e. The van der Waals surface area contributed by atoms with E-state index in [9.17, 15) is 9.59 Å². The summed E-state index contributed by atoms with van der Waals surface area (Å²) < 4.78 is 9.81. The first kappa shape index (κ1) is 11.9. The average molecular weight is 236 g/mol. The minimum absolute atomic E-state index is 0.0478.